The minimum atomic E-state index is 0.478. The minimum Gasteiger partial charge on any atom is -0.494 e. The lowest BCUT2D eigenvalue weighted by molar-refractivity contribution is 0.335. The molecule has 0 amide bonds. The monoisotopic (exact) mass is 207 g/mol. The highest BCUT2D eigenvalue weighted by molar-refractivity contribution is 5.37. The Balaban J connectivity index is 2.86. The van der Waals surface area contributed by atoms with Gasteiger partial charge in [-0.15, -0.1) is 0 Å². The third-order valence-corrected chi connectivity index (χ3v) is 2.53. The van der Waals surface area contributed by atoms with Crippen molar-refractivity contribution >= 4 is 0 Å². The van der Waals surface area contributed by atoms with Crippen molar-refractivity contribution in [3.8, 4) is 5.75 Å². The first-order valence-corrected chi connectivity index (χ1v) is 5.57. The van der Waals surface area contributed by atoms with Crippen LogP contribution in [0.2, 0.25) is 0 Å². The third-order valence-electron chi connectivity index (χ3n) is 2.53. The lowest BCUT2D eigenvalue weighted by atomic mass is 10.0. The molecule has 0 saturated carbocycles. The van der Waals surface area contributed by atoms with Crippen molar-refractivity contribution in [2.24, 2.45) is 0 Å². The van der Waals surface area contributed by atoms with E-state index in [-0.39, 0.29) is 0 Å². The van der Waals surface area contributed by atoms with Crippen LogP contribution in [0.3, 0.4) is 0 Å². The van der Waals surface area contributed by atoms with Gasteiger partial charge in [0.05, 0.1) is 6.61 Å². The average molecular weight is 207 g/mol. The van der Waals surface area contributed by atoms with E-state index in [9.17, 15) is 0 Å². The van der Waals surface area contributed by atoms with Crippen molar-refractivity contribution in [3.63, 3.8) is 0 Å². The van der Waals surface area contributed by atoms with Crippen molar-refractivity contribution in [1.29, 1.82) is 0 Å². The molecule has 0 aliphatic carbocycles. The fourth-order valence-electron chi connectivity index (χ4n) is 1.60. The Bertz CT molecular complexity index is 309. The van der Waals surface area contributed by atoms with Gasteiger partial charge in [0.2, 0.25) is 0 Å². The maximum absolute atomic E-state index is 5.61. The summed E-state index contributed by atoms with van der Waals surface area (Å²) in [7, 11) is 1.99. The molecule has 1 atom stereocenters. The van der Waals surface area contributed by atoms with Gasteiger partial charge < -0.3 is 10.1 Å². The first-order chi connectivity index (χ1) is 7.17. The number of aryl methyl sites for hydroxylation is 1. The van der Waals surface area contributed by atoms with E-state index >= 15 is 0 Å². The molecule has 84 valence electrons. The van der Waals surface area contributed by atoms with Gasteiger partial charge in [0.15, 0.2) is 0 Å². The van der Waals surface area contributed by atoms with Crippen molar-refractivity contribution in [2.45, 2.75) is 33.2 Å². The number of rotatable bonds is 5. The Kier molecular flexibility index (Phi) is 4.63. The molecular weight excluding hydrogens is 186 g/mol. The molecule has 0 aliphatic heterocycles. The van der Waals surface area contributed by atoms with E-state index in [0.717, 1.165) is 18.8 Å². The number of ether oxygens (including phenoxy) is 1. The third kappa shape index (κ3) is 3.56. The molecule has 0 bridgehead atoms. The summed E-state index contributed by atoms with van der Waals surface area (Å²) in [5.41, 5.74) is 2.58. The predicted octanol–water partition coefficient (Wildman–Crippen LogP) is 2.54. The van der Waals surface area contributed by atoms with E-state index in [1.54, 1.807) is 0 Å². The van der Waals surface area contributed by atoms with Crippen LogP contribution in [0.1, 0.15) is 25.0 Å². The van der Waals surface area contributed by atoms with Crippen molar-refractivity contribution < 1.29 is 4.74 Å². The summed E-state index contributed by atoms with van der Waals surface area (Å²) >= 11 is 0. The minimum absolute atomic E-state index is 0.478. The smallest absolute Gasteiger partial charge is 0.122 e. The maximum Gasteiger partial charge on any atom is 0.122 e. The Morgan fingerprint density at radius 3 is 2.73 bits per heavy atom. The Labute approximate surface area is 92.6 Å². The standard InChI is InChI=1S/C13H21NO/c1-5-15-13-7-6-10(2)8-12(13)9-11(3)14-4/h6-8,11,14H,5,9H2,1-4H3. The fraction of sp³-hybridized carbons (Fsp3) is 0.538. The molecule has 1 N–H and O–H groups in total. The summed E-state index contributed by atoms with van der Waals surface area (Å²) in [5, 5.41) is 3.25. The molecule has 2 nitrogen and oxygen atoms in total. The second kappa shape index (κ2) is 5.76. The summed E-state index contributed by atoms with van der Waals surface area (Å²) in [4.78, 5) is 0. The van der Waals surface area contributed by atoms with Crippen LogP contribution in [0.15, 0.2) is 18.2 Å². The SMILES string of the molecule is CCOc1ccc(C)cc1CC(C)NC. The van der Waals surface area contributed by atoms with Gasteiger partial charge >= 0.3 is 0 Å². The fourth-order valence-corrected chi connectivity index (χ4v) is 1.60. The molecule has 1 aromatic carbocycles. The molecule has 1 rings (SSSR count). The second-order valence-corrected chi connectivity index (χ2v) is 3.94. The van der Waals surface area contributed by atoms with Crippen LogP contribution >= 0.6 is 0 Å². The maximum atomic E-state index is 5.61. The molecule has 0 radical (unpaired) electrons. The first kappa shape index (κ1) is 12.1. The molecule has 1 unspecified atom stereocenters. The van der Waals surface area contributed by atoms with E-state index in [4.69, 9.17) is 4.74 Å². The highest BCUT2D eigenvalue weighted by atomic mass is 16.5. The molecule has 1 aromatic rings. The number of hydrogen-bond donors (Lipinski definition) is 1. The molecule has 15 heavy (non-hydrogen) atoms. The van der Waals surface area contributed by atoms with E-state index in [0.29, 0.717) is 6.04 Å². The topological polar surface area (TPSA) is 21.3 Å². The van der Waals surface area contributed by atoms with Gasteiger partial charge in [-0.1, -0.05) is 17.7 Å². The van der Waals surface area contributed by atoms with Gasteiger partial charge in [0.1, 0.15) is 5.75 Å². The molecular formula is C13H21NO. The van der Waals surface area contributed by atoms with E-state index in [2.05, 4.69) is 37.4 Å². The Morgan fingerprint density at radius 1 is 1.40 bits per heavy atom. The van der Waals surface area contributed by atoms with Crippen LogP contribution in [-0.4, -0.2) is 19.7 Å². The van der Waals surface area contributed by atoms with Crippen molar-refractivity contribution in [2.75, 3.05) is 13.7 Å². The van der Waals surface area contributed by atoms with Gasteiger partial charge in [-0.05, 0) is 45.9 Å². The van der Waals surface area contributed by atoms with Crippen LogP contribution in [0.25, 0.3) is 0 Å². The number of nitrogens with one attached hydrogen (secondary N) is 1. The number of likely N-dealkylation sites (N-methyl/N-ethyl adjacent to an activating group) is 1. The van der Waals surface area contributed by atoms with Crippen molar-refractivity contribution in [1.82, 2.24) is 5.32 Å². The van der Waals surface area contributed by atoms with Crippen LogP contribution in [0, 0.1) is 6.92 Å². The summed E-state index contributed by atoms with van der Waals surface area (Å²) in [5.74, 6) is 1.02. The largest absolute Gasteiger partial charge is 0.494 e. The van der Waals surface area contributed by atoms with Crippen LogP contribution < -0.4 is 10.1 Å². The quantitative estimate of drug-likeness (QED) is 0.801. The zero-order chi connectivity index (χ0) is 11.3. The van der Waals surface area contributed by atoms with Crippen LogP contribution in [-0.2, 0) is 6.42 Å². The lowest BCUT2D eigenvalue weighted by Crippen LogP contribution is -2.23. The van der Waals surface area contributed by atoms with Crippen LogP contribution in [0.4, 0.5) is 0 Å². The summed E-state index contributed by atoms with van der Waals surface area (Å²) in [6.45, 7) is 7.04. The summed E-state index contributed by atoms with van der Waals surface area (Å²) in [6, 6.07) is 6.85. The molecule has 0 spiro atoms. The number of hydrogen-bond acceptors (Lipinski definition) is 2. The molecule has 0 heterocycles. The molecule has 0 aromatic heterocycles. The van der Waals surface area contributed by atoms with E-state index in [1.165, 1.54) is 11.1 Å². The van der Waals surface area contributed by atoms with Gasteiger partial charge in [0, 0.05) is 6.04 Å². The molecule has 2 heteroatoms. The normalized spacial score (nSPS) is 12.5. The number of benzene rings is 1. The molecule has 0 saturated heterocycles. The Morgan fingerprint density at radius 2 is 2.13 bits per heavy atom. The van der Waals surface area contributed by atoms with E-state index < -0.39 is 0 Å². The second-order valence-electron chi connectivity index (χ2n) is 3.94. The van der Waals surface area contributed by atoms with Crippen molar-refractivity contribution in [3.05, 3.63) is 29.3 Å². The Hall–Kier alpha value is -1.02. The van der Waals surface area contributed by atoms with Gasteiger partial charge in [-0.3, -0.25) is 0 Å². The predicted molar refractivity (Wildman–Crippen MR) is 64.6 cm³/mol. The summed E-state index contributed by atoms with van der Waals surface area (Å²) < 4.78 is 5.61. The molecule has 0 aliphatic rings. The first-order valence-electron chi connectivity index (χ1n) is 5.57. The molecule has 0 fully saturated rings. The zero-order valence-electron chi connectivity index (χ0n) is 10.1. The average Bonchev–Trinajstić information content (AvgIpc) is 2.22. The zero-order valence-corrected chi connectivity index (χ0v) is 10.1. The summed E-state index contributed by atoms with van der Waals surface area (Å²) in [6.07, 6.45) is 1.01. The van der Waals surface area contributed by atoms with Crippen LogP contribution in [0.5, 0.6) is 5.75 Å². The van der Waals surface area contributed by atoms with Gasteiger partial charge in [-0.2, -0.15) is 0 Å². The highest BCUT2D eigenvalue weighted by Gasteiger charge is 2.07. The van der Waals surface area contributed by atoms with E-state index in [1.807, 2.05) is 14.0 Å². The van der Waals surface area contributed by atoms with Gasteiger partial charge in [0.25, 0.3) is 0 Å². The lowest BCUT2D eigenvalue weighted by Gasteiger charge is -2.15. The van der Waals surface area contributed by atoms with Gasteiger partial charge in [-0.25, -0.2) is 0 Å². The highest BCUT2D eigenvalue weighted by Crippen LogP contribution is 2.21.